The molecule has 2 rings (SSSR count). The van der Waals surface area contributed by atoms with E-state index in [0.717, 1.165) is 11.3 Å². The van der Waals surface area contributed by atoms with Crippen LogP contribution in [-0.2, 0) is 7.05 Å². The average Bonchev–Trinajstić information content (AvgIpc) is 2.71. The van der Waals surface area contributed by atoms with Crippen molar-refractivity contribution >= 4 is 11.8 Å². The van der Waals surface area contributed by atoms with Crippen LogP contribution in [0.2, 0.25) is 0 Å². The Kier molecular flexibility index (Phi) is 3.73. The van der Waals surface area contributed by atoms with Crippen LogP contribution in [0.15, 0.2) is 35.5 Å². The molecule has 1 aromatic carbocycles. The highest BCUT2D eigenvalue weighted by Gasteiger charge is 2.10. The van der Waals surface area contributed by atoms with Crippen LogP contribution in [0.3, 0.4) is 0 Å². The quantitative estimate of drug-likeness (QED) is 0.791. The molecule has 0 N–H and O–H groups in total. The first kappa shape index (κ1) is 12.7. The average molecular weight is 257 g/mol. The molecule has 0 aliphatic carbocycles. The molecule has 0 aliphatic rings. The molecule has 4 heteroatoms. The minimum atomic E-state index is 0.474. The van der Waals surface area contributed by atoms with Crippen LogP contribution < -0.4 is 0 Å². The molecule has 0 saturated heterocycles. The highest BCUT2D eigenvalue weighted by Crippen LogP contribution is 2.27. The smallest absolute Gasteiger partial charge is 0.166 e. The number of aryl methyl sites for hydroxylation is 1. The Bertz CT molecular complexity index is 576. The zero-order valence-electron chi connectivity index (χ0n) is 10.7. The van der Waals surface area contributed by atoms with Crippen molar-refractivity contribution in [3.05, 3.63) is 36.3 Å². The first-order valence-corrected chi connectivity index (χ1v) is 6.68. The van der Waals surface area contributed by atoms with E-state index in [1.807, 2.05) is 35.5 Å². The van der Waals surface area contributed by atoms with Crippen LogP contribution in [0.25, 0.3) is 11.3 Å². The predicted molar refractivity (Wildman–Crippen MR) is 74.4 cm³/mol. The van der Waals surface area contributed by atoms with Crippen LogP contribution in [0.5, 0.6) is 0 Å². The van der Waals surface area contributed by atoms with Gasteiger partial charge in [-0.15, -0.1) is 11.8 Å². The Labute approximate surface area is 111 Å². The summed E-state index contributed by atoms with van der Waals surface area (Å²) in [4.78, 5) is 5.32. The molecule has 0 atom stereocenters. The minimum Gasteiger partial charge on any atom is -0.333 e. The van der Waals surface area contributed by atoms with E-state index in [9.17, 15) is 0 Å². The Morgan fingerprint density at radius 3 is 2.50 bits per heavy atom. The summed E-state index contributed by atoms with van der Waals surface area (Å²) in [5, 5.41) is 9.61. The summed E-state index contributed by atoms with van der Waals surface area (Å²) in [5.74, 6) is 0. The molecule has 1 heterocycles. The van der Waals surface area contributed by atoms with Crippen LogP contribution in [-0.4, -0.2) is 14.8 Å². The molecule has 0 bridgehead atoms. The molecule has 0 radical (unpaired) electrons. The van der Waals surface area contributed by atoms with Crippen molar-refractivity contribution in [2.24, 2.45) is 7.05 Å². The number of aromatic nitrogens is 2. The normalized spacial score (nSPS) is 10.6. The van der Waals surface area contributed by atoms with Crippen molar-refractivity contribution in [2.75, 3.05) is 0 Å². The highest BCUT2D eigenvalue weighted by molar-refractivity contribution is 7.99. The summed E-state index contributed by atoms with van der Waals surface area (Å²) in [6.45, 7) is 4.35. The second-order valence-electron chi connectivity index (χ2n) is 4.36. The maximum atomic E-state index is 9.04. The Morgan fingerprint density at radius 1 is 1.28 bits per heavy atom. The third kappa shape index (κ3) is 2.57. The number of imidazole rings is 1. The molecule has 0 saturated carbocycles. The van der Waals surface area contributed by atoms with Crippen LogP contribution in [0.1, 0.15) is 19.5 Å². The van der Waals surface area contributed by atoms with Gasteiger partial charge in [-0.05, 0) is 12.1 Å². The first-order valence-electron chi connectivity index (χ1n) is 5.80. The molecule has 0 spiro atoms. The SMILES string of the molecule is CC(C)Sc1ccc(-c2c(C#N)ncn2C)cc1. The number of rotatable bonds is 3. The summed E-state index contributed by atoms with van der Waals surface area (Å²) in [6.07, 6.45) is 1.67. The first-order chi connectivity index (χ1) is 8.61. The summed E-state index contributed by atoms with van der Waals surface area (Å²) in [6, 6.07) is 10.4. The van der Waals surface area contributed by atoms with E-state index in [1.165, 1.54) is 4.90 Å². The molecule has 18 heavy (non-hydrogen) atoms. The molecule has 0 unspecified atom stereocenters. The Hall–Kier alpha value is -1.73. The van der Waals surface area contributed by atoms with Gasteiger partial charge in [0.25, 0.3) is 0 Å². The second kappa shape index (κ2) is 5.28. The van der Waals surface area contributed by atoms with E-state index < -0.39 is 0 Å². The number of nitriles is 1. The lowest BCUT2D eigenvalue weighted by atomic mass is 10.1. The number of hydrogen-bond acceptors (Lipinski definition) is 3. The second-order valence-corrected chi connectivity index (χ2v) is 6.01. The fraction of sp³-hybridized carbons (Fsp3) is 0.286. The molecule has 3 nitrogen and oxygen atoms in total. The monoisotopic (exact) mass is 257 g/mol. The molecular formula is C14H15N3S. The third-order valence-corrected chi connectivity index (χ3v) is 3.56. The maximum Gasteiger partial charge on any atom is 0.166 e. The molecule has 92 valence electrons. The number of thioether (sulfide) groups is 1. The number of hydrogen-bond donors (Lipinski definition) is 0. The van der Waals surface area contributed by atoms with Gasteiger partial charge in [0.05, 0.1) is 12.0 Å². The van der Waals surface area contributed by atoms with E-state index in [4.69, 9.17) is 5.26 Å². The van der Waals surface area contributed by atoms with Crippen molar-refractivity contribution in [3.8, 4) is 17.3 Å². The summed E-state index contributed by atoms with van der Waals surface area (Å²) in [5.41, 5.74) is 2.38. The molecule has 0 amide bonds. The largest absolute Gasteiger partial charge is 0.333 e. The van der Waals surface area contributed by atoms with Crippen LogP contribution in [0, 0.1) is 11.3 Å². The van der Waals surface area contributed by atoms with Gasteiger partial charge in [0, 0.05) is 22.8 Å². The van der Waals surface area contributed by atoms with E-state index in [-0.39, 0.29) is 0 Å². The van der Waals surface area contributed by atoms with Gasteiger partial charge in [0.2, 0.25) is 0 Å². The van der Waals surface area contributed by atoms with Gasteiger partial charge in [-0.1, -0.05) is 26.0 Å². The van der Waals surface area contributed by atoms with Gasteiger partial charge in [0.15, 0.2) is 5.69 Å². The van der Waals surface area contributed by atoms with Crippen molar-refractivity contribution in [1.29, 1.82) is 5.26 Å². The van der Waals surface area contributed by atoms with Crippen molar-refractivity contribution in [2.45, 2.75) is 24.0 Å². The topological polar surface area (TPSA) is 41.6 Å². The zero-order valence-corrected chi connectivity index (χ0v) is 11.5. The summed E-state index contributed by atoms with van der Waals surface area (Å²) >= 11 is 1.83. The fourth-order valence-electron chi connectivity index (χ4n) is 1.82. The van der Waals surface area contributed by atoms with E-state index in [0.29, 0.717) is 10.9 Å². The predicted octanol–water partition coefficient (Wildman–Crippen LogP) is 3.46. The minimum absolute atomic E-state index is 0.474. The van der Waals surface area contributed by atoms with Gasteiger partial charge in [0.1, 0.15) is 6.07 Å². The van der Waals surface area contributed by atoms with Gasteiger partial charge < -0.3 is 4.57 Å². The molecular weight excluding hydrogens is 242 g/mol. The zero-order chi connectivity index (χ0) is 13.1. The molecule has 0 aliphatic heterocycles. The van der Waals surface area contributed by atoms with Gasteiger partial charge in [-0.25, -0.2) is 4.98 Å². The van der Waals surface area contributed by atoms with E-state index in [1.54, 1.807) is 6.33 Å². The van der Waals surface area contributed by atoms with Gasteiger partial charge in [-0.3, -0.25) is 0 Å². The van der Waals surface area contributed by atoms with Crippen LogP contribution >= 0.6 is 11.8 Å². The number of benzene rings is 1. The Balaban J connectivity index is 2.35. The molecule has 1 aromatic heterocycles. The van der Waals surface area contributed by atoms with E-state index >= 15 is 0 Å². The van der Waals surface area contributed by atoms with Gasteiger partial charge >= 0.3 is 0 Å². The van der Waals surface area contributed by atoms with Crippen molar-refractivity contribution in [1.82, 2.24) is 9.55 Å². The van der Waals surface area contributed by atoms with Gasteiger partial charge in [-0.2, -0.15) is 5.26 Å². The lowest BCUT2D eigenvalue weighted by molar-refractivity contribution is 0.921. The third-order valence-electron chi connectivity index (χ3n) is 2.54. The molecule has 2 aromatic rings. The highest BCUT2D eigenvalue weighted by atomic mass is 32.2. The summed E-state index contributed by atoms with van der Waals surface area (Å²) < 4.78 is 1.88. The van der Waals surface area contributed by atoms with E-state index in [2.05, 4.69) is 37.0 Å². The number of nitrogens with zero attached hydrogens (tertiary/aromatic N) is 3. The lowest BCUT2D eigenvalue weighted by Gasteiger charge is -2.07. The van der Waals surface area contributed by atoms with Crippen molar-refractivity contribution in [3.63, 3.8) is 0 Å². The summed E-state index contributed by atoms with van der Waals surface area (Å²) in [7, 11) is 1.90. The maximum absolute atomic E-state index is 9.04. The standard InChI is InChI=1S/C14H15N3S/c1-10(2)18-12-6-4-11(5-7-12)14-13(8-15)16-9-17(14)3/h4-7,9-10H,1-3H3. The fourth-order valence-corrected chi connectivity index (χ4v) is 2.65. The van der Waals surface area contributed by atoms with Crippen LogP contribution in [0.4, 0.5) is 0 Å². The van der Waals surface area contributed by atoms with Crippen molar-refractivity contribution < 1.29 is 0 Å². The molecule has 0 fully saturated rings. The Morgan fingerprint density at radius 2 is 1.94 bits per heavy atom. The lowest BCUT2D eigenvalue weighted by Crippen LogP contribution is -1.92.